The lowest BCUT2D eigenvalue weighted by Crippen LogP contribution is -2.53. The Morgan fingerprint density at radius 2 is 1.92 bits per heavy atom. The summed E-state index contributed by atoms with van der Waals surface area (Å²) in [5.74, 6) is -0.350. The maximum Gasteiger partial charge on any atom is 0.389 e. The van der Waals surface area contributed by atoms with Crippen LogP contribution in [0, 0.1) is 0 Å². The smallest absolute Gasteiger partial charge is 0.272 e. The fourth-order valence-electron chi connectivity index (χ4n) is 1.40. The van der Waals surface area contributed by atoms with Crippen LogP contribution in [0.3, 0.4) is 0 Å². The van der Waals surface area contributed by atoms with Crippen LogP contribution in [-0.4, -0.2) is 29.7 Å². The summed E-state index contributed by atoms with van der Waals surface area (Å²) in [4.78, 5) is 16.4. The maximum absolute atomic E-state index is 11.1. The third-order valence-corrected chi connectivity index (χ3v) is 2.45. The van der Waals surface area contributed by atoms with Gasteiger partial charge in [0.05, 0.1) is 0 Å². The first kappa shape index (κ1) is 12.2. The predicted molar refractivity (Wildman–Crippen MR) is 52.8 cm³/mol. The van der Waals surface area contributed by atoms with Crippen molar-refractivity contribution in [2.75, 3.05) is 13.1 Å². The highest BCUT2D eigenvalue weighted by Gasteiger charge is 2.32. The average Bonchev–Trinajstić information content (AvgIpc) is 2.13. The monoisotopic (exact) mass is 186 g/mol. The van der Waals surface area contributed by atoms with Gasteiger partial charge in [-0.3, -0.25) is 4.84 Å². The van der Waals surface area contributed by atoms with Crippen LogP contribution < -0.4 is 0 Å². The highest BCUT2D eigenvalue weighted by atomic mass is 16.7. The third-order valence-electron chi connectivity index (χ3n) is 2.45. The van der Waals surface area contributed by atoms with Crippen LogP contribution in [0.25, 0.3) is 0 Å². The lowest BCUT2D eigenvalue weighted by Gasteiger charge is -2.35. The lowest BCUT2D eigenvalue weighted by atomic mass is 10.3. The van der Waals surface area contributed by atoms with Crippen molar-refractivity contribution in [1.82, 2.24) is 0 Å². The first-order valence-corrected chi connectivity index (χ1v) is 4.75. The number of carbonyl (C=O) groups excluding carboxylic acids is 1. The number of rotatable bonds is 5. The van der Waals surface area contributed by atoms with E-state index in [1.54, 1.807) is 0 Å². The third kappa shape index (κ3) is 2.84. The number of hydrogen-bond donors (Lipinski definition) is 0. The molecule has 0 fully saturated rings. The fraction of sp³-hybridized carbons (Fsp3) is 0.700. The van der Waals surface area contributed by atoms with E-state index in [0.717, 1.165) is 13.1 Å². The van der Waals surface area contributed by atoms with Crippen molar-refractivity contribution in [3.05, 3.63) is 12.7 Å². The van der Waals surface area contributed by atoms with E-state index in [0.29, 0.717) is 4.65 Å². The van der Waals surface area contributed by atoms with E-state index in [2.05, 4.69) is 6.58 Å². The van der Waals surface area contributed by atoms with E-state index in [4.69, 9.17) is 4.84 Å². The second-order valence-electron chi connectivity index (χ2n) is 3.29. The highest BCUT2D eigenvalue weighted by Crippen LogP contribution is 2.14. The molecule has 0 amide bonds. The minimum atomic E-state index is -0.350. The molecule has 0 saturated heterocycles. The Labute approximate surface area is 80.5 Å². The molecule has 0 spiro atoms. The number of carbonyl (C=O) groups is 1. The molecule has 0 bridgehead atoms. The quantitative estimate of drug-likeness (QED) is 0.372. The molecule has 0 saturated carbocycles. The Morgan fingerprint density at radius 3 is 2.15 bits per heavy atom. The Bertz CT molecular complexity index is 183. The molecule has 3 nitrogen and oxygen atoms in total. The van der Waals surface area contributed by atoms with Crippen molar-refractivity contribution in [2.24, 2.45) is 0 Å². The molecule has 0 aliphatic carbocycles. The van der Waals surface area contributed by atoms with E-state index >= 15 is 0 Å². The standard InChI is InChI=1S/C10H20NO2/c1-6-10(12)13-11(7-2,8-3)9(4)5/h6,9H,1,7-8H2,2-5H3/q+1. The summed E-state index contributed by atoms with van der Waals surface area (Å²) in [6.07, 6.45) is 1.21. The van der Waals surface area contributed by atoms with E-state index in [1.807, 2.05) is 27.7 Å². The van der Waals surface area contributed by atoms with Crippen LogP contribution in [0.1, 0.15) is 27.7 Å². The maximum atomic E-state index is 11.1. The summed E-state index contributed by atoms with van der Waals surface area (Å²) in [5, 5.41) is 0. The minimum Gasteiger partial charge on any atom is -0.272 e. The van der Waals surface area contributed by atoms with E-state index in [9.17, 15) is 4.79 Å². The van der Waals surface area contributed by atoms with Gasteiger partial charge in [-0.05, 0) is 27.7 Å². The zero-order chi connectivity index (χ0) is 10.5. The van der Waals surface area contributed by atoms with Crippen molar-refractivity contribution >= 4 is 5.97 Å². The number of nitrogens with zero attached hydrogens (tertiary/aromatic N) is 1. The number of hydrogen-bond acceptors (Lipinski definition) is 2. The zero-order valence-electron chi connectivity index (χ0n) is 9.04. The summed E-state index contributed by atoms with van der Waals surface area (Å²) < 4.78 is 0.366. The molecular formula is C10H20NO2+. The SMILES string of the molecule is C=CC(=O)O[N+](CC)(CC)C(C)C. The van der Waals surface area contributed by atoms with Gasteiger partial charge in [0.1, 0.15) is 19.1 Å². The molecule has 0 heterocycles. The Kier molecular flexibility index (Phi) is 4.70. The molecule has 3 heteroatoms. The summed E-state index contributed by atoms with van der Waals surface area (Å²) in [5.41, 5.74) is 0. The molecule has 0 atom stereocenters. The number of quaternary nitrogens is 1. The highest BCUT2D eigenvalue weighted by molar-refractivity contribution is 5.80. The minimum absolute atomic E-state index is 0.277. The van der Waals surface area contributed by atoms with Gasteiger partial charge in [0.25, 0.3) is 0 Å². The molecular weight excluding hydrogens is 166 g/mol. The van der Waals surface area contributed by atoms with Crippen LogP contribution in [0.15, 0.2) is 12.7 Å². The summed E-state index contributed by atoms with van der Waals surface area (Å²) in [7, 11) is 0. The second-order valence-corrected chi connectivity index (χ2v) is 3.29. The fourth-order valence-corrected chi connectivity index (χ4v) is 1.40. The van der Waals surface area contributed by atoms with Gasteiger partial charge < -0.3 is 0 Å². The van der Waals surface area contributed by atoms with Crippen LogP contribution >= 0.6 is 0 Å². The first-order valence-electron chi connectivity index (χ1n) is 4.75. The van der Waals surface area contributed by atoms with Crippen molar-refractivity contribution in [2.45, 2.75) is 33.7 Å². The first-order chi connectivity index (χ1) is 6.02. The van der Waals surface area contributed by atoms with Gasteiger partial charge in [0, 0.05) is 6.08 Å². The molecule has 0 aromatic carbocycles. The van der Waals surface area contributed by atoms with E-state index in [1.165, 1.54) is 6.08 Å². The predicted octanol–water partition coefficient (Wildman–Crippen LogP) is 1.90. The molecule has 0 rings (SSSR count). The topological polar surface area (TPSA) is 26.3 Å². The van der Waals surface area contributed by atoms with Crippen molar-refractivity contribution in [3.8, 4) is 0 Å². The Morgan fingerprint density at radius 1 is 1.46 bits per heavy atom. The van der Waals surface area contributed by atoms with Crippen molar-refractivity contribution in [1.29, 1.82) is 0 Å². The van der Waals surface area contributed by atoms with Crippen molar-refractivity contribution < 1.29 is 14.3 Å². The Balaban J connectivity index is 4.57. The molecule has 76 valence electrons. The molecule has 13 heavy (non-hydrogen) atoms. The van der Waals surface area contributed by atoms with Gasteiger partial charge in [-0.2, -0.15) is 0 Å². The molecule has 0 radical (unpaired) electrons. The van der Waals surface area contributed by atoms with E-state index < -0.39 is 0 Å². The van der Waals surface area contributed by atoms with Crippen LogP contribution in [0.4, 0.5) is 0 Å². The summed E-state index contributed by atoms with van der Waals surface area (Å²) >= 11 is 0. The van der Waals surface area contributed by atoms with Crippen LogP contribution in [0.5, 0.6) is 0 Å². The van der Waals surface area contributed by atoms with Gasteiger partial charge in [0.15, 0.2) is 0 Å². The molecule has 0 aromatic heterocycles. The lowest BCUT2D eigenvalue weighted by molar-refractivity contribution is -1.10. The van der Waals surface area contributed by atoms with Crippen molar-refractivity contribution in [3.63, 3.8) is 0 Å². The Hall–Kier alpha value is -0.830. The summed E-state index contributed by atoms with van der Waals surface area (Å²) in [6, 6.07) is 0.277. The normalized spacial score (nSPS) is 11.5. The van der Waals surface area contributed by atoms with Gasteiger partial charge in [-0.1, -0.05) is 6.58 Å². The molecule has 0 N–H and O–H groups in total. The second kappa shape index (κ2) is 5.02. The zero-order valence-corrected chi connectivity index (χ0v) is 9.04. The molecule has 0 unspecified atom stereocenters. The van der Waals surface area contributed by atoms with E-state index in [-0.39, 0.29) is 12.0 Å². The summed E-state index contributed by atoms with van der Waals surface area (Å²) in [6.45, 7) is 13.1. The molecule has 0 aromatic rings. The van der Waals surface area contributed by atoms with Gasteiger partial charge >= 0.3 is 5.97 Å². The molecule has 0 aliphatic heterocycles. The average molecular weight is 186 g/mol. The van der Waals surface area contributed by atoms with Crippen LogP contribution in [-0.2, 0) is 9.63 Å². The van der Waals surface area contributed by atoms with Gasteiger partial charge in [-0.15, -0.1) is 4.65 Å². The largest absolute Gasteiger partial charge is 0.389 e. The number of hydroxylamine groups is 3. The van der Waals surface area contributed by atoms with Crippen LogP contribution in [0.2, 0.25) is 0 Å². The van der Waals surface area contributed by atoms with Gasteiger partial charge in [-0.25, -0.2) is 4.79 Å². The van der Waals surface area contributed by atoms with Gasteiger partial charge in [0.2, 0.25) is 0 Å². The molecule has 0 aliphatic rings.